The number of amides is 1. The lowest BCUT2D eigenvalue weighted by atomic mass is 10.2. The van der Waals surface area contributed by atoms with Gasteiger partial charge in [0.1, 0.15) is 11.6 Å². The number of carbonyl (C=O) groups is 1. The van der Waals surface area contributed by atoms with Gasteiger partial charge in [0, 0.05) is 30.5 Å². The zero-order valence-corrected chi connectivity index (χ0v) is 16.7. The minimum atomic E-state index is -0.218. The summed E-state index contributed by atoms with van der Waals surface area (Å²) >= 11 is 0. The molecule has 2 aromatic carbocycles. The monoisotopic (exact) mass is 399 g/mol. The van der Waals surface area contributed by atoms with Crippen molar-refractivity contribution in [3.63, 3.8) is 0 Å². The number of nitrogens with one attached hydrogen (secondary N) is 1. The number of hydrogen-bond donors (Lipinski definition) is 1. The molecule has 1 N–H and O–H groups in total. The van der Waals surface area contributed by atoms with Crippen LogP contribution in [0, 0.1) is 0 Å². The molecule has 150 valence electrons. The van der Waals surface area contributed by atoms with Gasteiger partial charge in [-0.15, -0.1) is 0 Å². The Kier molecular flexibility index (Phi) is 5.52. The normalized spacial score (nSPS) is 10.6. The lowest BCUT2D eigenvalue weighted by Gasteiger charge is -2.21. The van der Waals surface area contributed by atoms with Gasteiger partial charge < -0.3 is 15.0 Å². The lowest BCUT2D eigenvalue weighted by molar-refractivity contribution is 0.0949. The number of hydrogen-bond acceptors (Lipinski definition) is 6. The van der Waals surface area contributed by atoms with E-state index in [0.717, 1.165) is 28.2 Å². The van der Waals surface area contributed by atoms with Crippen LogP contribution in [0.15, 0.2) is 73.1 Å². The van der Waals surface area contributed by atoms with Crippen LogP contribution in [-0.4, -0.2) is 35.0 Å². The lowest BCUT2D eigenvalue weighted by Crippen LogP contribution is -2.24. The maximum absolute atomic E-state index is 12.4. The molecule has 7 heteroatoms. The molecule has 0 spiro atoms. The van der Waals surface area contributed by atoms with Crippen LogP contribution in [0.5, 0.6) is 5.75 Å². The van der Waals surface area contributed by atoms with Gasteiger partial charge in [-0.3, -0.25) is 9.78 Å². The summed E-state index contributed by atoms with van der Waals surface area (Å²) in [6.45, 7) is 0.210. The van der Waals surface area contributed by atoms with E-state index in [1.807, 2.05) is 60.5 Å². The molecule has 0 aliphatic heterocycles. The first-order valence-corrected chi connectivity index (χ1v) is 9.47. The Labute approximate surface area is 174 Å². The second kappa shape index (κ2) is 8.57. The highest BCUT2D eigenvalue weighted by atomic mass is 16.5. The van der Waals surface area contributed by atoms with Crippen LogP contribution in [0.2, 0.25) is 0 Å². The summed E-state index contributed by atoms with van der Waals surface area (Å²) in [4.78, 5) is 27.7. The van der Waals surface area contributed by atoms with Crippen molar-refractivity contribution in [2.45, 2.75) is 6.54 Å². The summed E-state index contributed by atoms with van der Waals surface area (Å²) in [6.07, 6.45) is 3.16. The maximum atomic E-state index is 12.4. The quantitative estimate of drug-likeness (QED) is 0.532. The summed E-state index contributed by atoms with van der Waals surface area (Å²) in [6, 6.07) is 19.0. The number of pyridine rings is 1. The van der Waals surface area contributed by atoms with Gasteiger partial charge in [0.05, 0.1) is 24.7 Å². The number of ether oxygens (including phenoxy) is 1. The van der Waals surface area contributed by atoms with Gasteiger partial charge in [-0.2, -0.15) is 0 Å². The number of fused-ring (bicyclic) bond motifs is 1. The van der Waals surface area contributed by atoms with Crippen LogP contribution >= 0.6 is 0 Å². The molecule has 0 fully saturated rings. The molecule has 30 heavy (non-hydrogen) atoms. The summed E-state index contributed by atoms with van der Waals surface area (Å²) in [5.74, 6) is 1.86. The molecule has 4 aromatic rings. The molecule has 7 nitrogen and oxygen atoms in total. The van der Waals surface area contributed by atoms with E-state index >= 15 is 0 Å². The van der Waals surface area contributed by atoms with Crippen LogP contribution < -0.4 is 15.0 Å². The molecule has 0 aliphatic carbocycles. The van der Waals surface area contributed by atoms with E-state index in [2.05, 4.69) is 15.3 Å². The molecule has 2 heterocycles. The van der Waals surface area contributed by atoms with Crippen molar-refractivity contribution in [2.24, 2.45) is 0 Å². The third-order valence-corrected chi connectivity index (χ3v) is 4.74. The van der Waals surface area contributed by atoms with Gasteiger partial charge in [0.15, 0.2) is 5.82 Å². The first kappa shape index (κ1) is 19.3. The van der Waals surface area contributed by atoms with Crippen molar-refractivity contribution >= 4 is 28.3 Å². The fourth-order valence-corrected chi connectivity index (χ4v) is 3.13. The SMILES string of the molecule is COc1ccc(N(C)c2nc(CNC(=O)c3cccnc3)nc3ccccc23)cc1. The highest BCUT2D eigenvalue weighted by Gasteiger charge is 2.14. The van der Waals surface area contributed by atoms with E-state index in [-0.39, 0.29) is 12.5 Å². The van der Waals surface area contributed by atoms with E-state index in [1.54, 1.807) is 25.4 Å². The molecule has 0 saturated heterocycles. The fourth-order valence-electron chi connectivity index (χ4n) is 3.13. The van der Waals surface area contributed by atoms with Crippen LogP contribution in [0.3, 0.4) is 0 Å². The number of nitrogens with zero attached hydrogens (tertiary/aromatic N) is 4. The number of rotatable bonds is 6. The Morgan fingerprint density at radius 3 is 2.57 bits per heavy atom. The van der Waals surface area contributed by atoms with Crippen LogP contribution in [0.25, 0.3) is 10.9 Å². The average Bonchev–Trinajstić information content (AvgIpc) is 2.82. The maximum Gasteiger partial charge on any atom is 0.253 e. The topological polar surface area (TPSA) is 80.2 Å². The second-order valence-corrected chi connectivity index (χ2v) is 6.66. The molecular formula is C23H21N5O2. The van der Waals surface area contributed by atoms with Crippen molar-refractivity contribution in [1.82, 2.24) is 20.3 Å². The van der Waals surface area contributed by atoms with E-state index in [4.69, 9.17) is 9.72 Å². The Bertz CT molecular complexity index is 1160. The molecule has 0 aliphatic rings. The molecule has 0 radical (unpaired) electrons. The molecular weight excluding hydrogens is 378 g/mol. The number of methoxy groups -OCH3 is 1. The summed E-state index contributed by atoms with van der Waals surface area (Å²) in [5.41, 5.74) is 2.27. The number of anilines is 2. The zero-order valence-electron chi connectivity index (χ0n) is 16.7. The molecule has 1 amide bonds. The van der Waals surface area contributed by atoms with Gasteiger partial charge in [-0.25, -0.2) is 9.97 Å². The van der Waals surface area contributed by atoms with E-state index in [9.17, 15) is 4.79 Å². The Balaban J connectivity index is 1.64. The zero-order chi connectivity index (χ0) is 20.9. The molecule has 4 rings (SSSR count). The van der Waals surface area contributed by atoms with E-state index in [1.165, 1.54) is 6.20 Å². The third-order valence-electron chi connectivity index (χ3n) is 4.74. The van der Waals surface area contributed by atoms with Gasteiger partial charge in [-0.1, -0.05) is 12.1 Å². The van der Waals surface area contributed by atoms with Crippen molar-refractivity contribution in [3.8, 4) is 5.75 Å². The number of carbonyl (C=O) groups excluding carboxylic acids is 1. The number of para-hydroxylation sites is 1. The van der Waals surface area contributed by atoms with Crippen LogP contribution in [0.4, 0.5) is 11.5 Å². The second-order valence-electron chi connectivity index (χ2n) is 6.66. The van der Waals surface area contributed by atoms with E-state index < -0.39 is 0 Å². The average molecular weight is 399 g/mol. The van der Waals surface area contributed by atoms with Gasteiger partial charge in [0.2, 0.25) is 0 Å². The molecule has 0 unspecified atom stereocenters. The third kappa shape index (κ3) is 4.05. The van der Waals surface area contributed by atoms with Gasteiger partial charge in [0.25, 0.3) is 5.91 Å². The minimum Gasteiger partial charge on any atom is -0.497 e. The highest BCUT2D eigenvalue weighted by Crippen LogP contribution is 2.29. The highest BCUT2D eigenvalue weighted by molar-refractivity contribution is 5.94. The summed E-state index contributed by atoms with van der Waals surface area (Å²) in [5, 5.41) is 3.79. The van der Waals surface area contributed by atoms with Crippen molar-refractivity contribution in [1.29, 1.82) is 0 Å². The predicted molar refractivity (Wildman–Crippen MR) is 116 cm³/mol. The standard InChI is InChI=1S/C23H21N5O2/c1-28(17-9-11-18(30-2)12-10-17)22-19-7-3-4-8-20(19)26-21(27-22)15-25-23(29)16-6-5-13-24-14-16/h3-14H,15H2,1-2H3,(H,25,29). The predicted octanol–water partition coefficient (Wildman–Crippen LogP) is 3.73. The van der Waals surface area contributed by atoms with Crippen molar-refractivity contribution in [3.05, 3.63) is 84.4 Å². The molecule has 0 atom stereocenters. The van der Waals surface area contributed by atoms with Crippen molar-refractivity contribution < 1.29 is 9.53 Å². The first-order chi connectivity index (χ1) is 14.7. The van der Waals surface area contributed by atoms with Gasteiger partial charge >= 0.3 is 0 Å². The molecule has 2 aromatic heterocycles. The minimum absolute atomic E-state index is 0.210. The Morgan fingerprint density at radius 1 is 1.03 bits per heavy atom. The Morgan fingerprint density at radius 2 is 1.83 bits per heavy atom. The largest absolute Gasteiger partial charge is 0.497 e. The number of benzene rings is 2. The molecule has 0 bridgehead atoms. The smallest absolute Gasteiger partial charge is 0.253 e. The fraction of sp³-hybridized carbons (Fsp3) is 0.130. The van der Waals surface area contributed by atoms with Crippen LogP contribution in [-0.2, 0) is 6.54 Å². The van der Waals surface area contributed by atoms with Gasteiger partial charge in [-0.05, 0) is 48.5 Å². The Hall–Kier alpha value is -4.00. The number of aromatic nitrogens is 3. The van der Waals surface area contributed by atoms with Crippen molar-refractivity contribution in [2.75, 3.05) is 19.1 Å². The summed E-state index contributed by atoms with van der Waals surface area (Å²) < 4.78 is 5.25. The summed E-state index contributed by atoms with van der Waals surface area (Å²) in [7, 11) is 3.59. The van der Waals surface area contributed by atoms with Crippen LogP contribution in [0.1, 0.15) is 16.2 Å². The first-order valence-electron chi connectivity index (χ1n) is 9.47. The van der Waals surface area contributed by atoms with E-state index in [0.29, 0.717) is 11.4 Å². The molecule has 0 saturated carbocycles.